The minimum atomic E-state index is 0.592. The van der Waals surface area contributed by atoms with Crippen LogP contribution in [0.25, 0.3) is 0 Å². The standard InChI is InChI=1S/C20H35N3/c1-4-7-8-9-20(23-16-14-21-15-17-23)18-10-12-19(13-11-18)22(5-2)6-3/h10-13,20-21H,4-9,14-17H2,1-3H3/t20-/m1/s1. The van der Waals surface area contributed by atoms with Crippen LogP contribution in [0.1, 0.15) is 58.1 Å². The molecule has 3 heteroatoms. The van der Waals surface area contributed by atoms with E-state index in [4.69, 9.17) is 0 Å². The summed E-state index contributed by atoms with van der Waals surface area (Å²) in [6.07, 6.45) is 5.27. The van der Waals surface area contributed by atoms with E-state index in [1.165, 1.54) is 50.0 Å². The Labute approximate surface area is 143 Å². The van der Waals surface area contributed by atoms with Gasteiger partial charge in [0.05, 0.1) is 0 Å². The molecule has 1 aliphatic rings. The summed E-state index contributed by atoms with van der Waals surface area (Å²) in [7, 11) is 0. The summed E-state index contributed by atoms with van der Waals surface area (Å²) in [5.41, 5.74) is 2.85. The van der Waals surface area contributed by atoms with Gasteiger partial charge in [0.15, 0.2) is 0 Å². The third-order valence-corrected chi connectivity index (χ3v) is 5.08. The van der Waals surface area contributed by atoms with Gasteiger partial charge in [-0.1, -0.05) is 38.3 Å². The third-order valence-electron chi connectivity index (χ3n) is 5.08. The molecule has 0 amide bonds. The number of benzene rings is 1. The number of rotatable bonds is 9. The lowest BCUT2D eigenvalue weighted by molar-refractivity contribution is 0.163. The molecule has 1 aliphatic heterocycles. The van der Waals surface area contributed by atoms with Gasteiger partial charge in [0, 0.05) is 51.0 Å². The molecule has 3 nitrogen and oxygen atoms in total. The largest absolute Gasteiger partial charge is 0.372 e. The van der Waals surface area contributed by atoms with Crippen molar-refractivity contribution in [2.45, 2.75) is 52.5 Å². The second kappa shape index (κ2) is 9.94. The van der Waals surface area contributed by atoms with Crippen LogP contribution in [0.15, 0.2) is 24.3 Å². The van der Waals surface area contributed by atoms with Crippen LogP contribution in [0, 0.1) is 0 Å². The van der Waals surface area contributed by atoms with Gasteiger partial charge in [-0.3, -0.25) is 4.90 Å². The Morgan fingerprint density at radius 2 is 1.65 bits per heavy atom. The Kier molecular flexibility index (Phi) is 7.90. The van der Waals surface area contributed by atoms with Crippen LogP contribution in [-0.4, -0.2) is 44.2 Å². The van der Waals surface area contributed by atoms with Crippen molar-refractivity contribution in [2.24, 2.45) is 0 Å². The molecule has 2 rings (SSSR count). The lowest BCUT2D eigenvalue weighted by Crippen LogP contribution is -2.45. The van der Waals surface area contributed by atoms with Gasteiger partial charge in [0.1, 0.15) is 0 Å². The minimum Gasteiger partial charge on any atom is -0.372 e. The van der Waals surface area contributed by atoms with Crippen LogP contribution >= 0.6 is 0 Å². The Hall–Kier alpha value is -1.06. The maximum atomic E-state index is 3.48. The Bertz CT molecular complexity index is 419. The highest BCUT2D eigenvalue weighted by molar-refractivity contribution is 5.47. The quantitative estimate of drug-likeness (QED) is 0.693. The van der Waals surface area contributed by atoms with E-state index in [9.17, 15) is 0 Å². The topological polar surface area (TPSA) is 18.5 Å². The number of piperazine rings is 1. The molecule has 23 heavy (non-hydrogen) atoms. The van der Waals surface area contributed by atoms with Gasteiger partial charge >= 0.3 is 0 Å². The molecule has 0 bridgehead atoms. The van der Waals surface area contributed by atoms with E-state index < -0.39 is 0 Å². The number of hydrogen-bond acceptors (Lipinski definition) is 3. The second-order valence-electron chi connectivity index (χ2n) is 6.56. The highest BCUT2D eigenvalue weighted by Crippen LogP contribution is 2.28. The summed E-state index contributed by atoms with van der Waals surface area (Å²) in [4.78, 5) is 5.10. The molecule has 130 valence electrons. The normalized spacial score (nSPS) is 17.2. The van der Waals surface area contributed by atoms with E-state index in [2.05, 4.69) is 60.2 Å². The first-order valence-corrected chi connectivity index (χ1v) is 9.59. The molecule has 1 atom stereocenters. The average molecular weight is 318 g/mol. The lowest BCUT2D eigenvalue weighted by Gasteiger charge is -2.35. The van der Waals surface area contributed by atoms with Crippen molar-refractivity contribution in [3.8, 4) is 0 Å². The fourth-order valence-corrected chi connectivity index (χ4v) is 3.64. The predicted octanol–water partition coefficient (Wildman–Crippen LogP) is 4.06. The summed E-state index contributed by atoms with van der Waals surface area (Å²) < 4.78 is 0. The number of anilines is 1. The van der Waals surface area contributed by atoms with Crippen molar-refractivity contribution in [3.63, 3.8) is 0 Å². The molecular formula is C20H35N3. The van der Waals surface area contributed by atoms with Crippen LogP contribution in [0.5, 0.6) is 0 Å². The summed E-state index contributed by atoms with van der Waals surface area (Å²) in [5, 5.41) is 3.48. The second-order valence-corrected chi connectivity index (χ2v) is 6.56. The molecule has 0 radical (unpaired) electrons. The van der Waals surface area contributed by atoms with E-state index in [-0.39, 0.29) is 0 Å². The molecule has 0 aliphatic carbocycles. The molecule has 1 fully saturated rings. The molecule has 0 spiro atoms. The van der Waals surface area contributed by atoms with Crippen LogP contribution in [0.2, 0.25) is 0 Å². The summed E-state index contributed by atoms with van der Waals surface area (Å²) in [6, 6.07) is 9.96. The first kappa shape index (κ1) is 18.3. The van der Waals surface area contributed by atoms with Crippen LogP contribution in [0.3, 0.4) is 0 Å². The van der Waals surface area contributed by atoms with E-state index in [0.717, 1.165) is 26.2 Å². The molecule has 1 aromatic carbocycles. The molecule has 0 aromatic heterocycles. The molecular weight excluding hydrogens is 282 g/mol. The fraction of sp³-hybridized carbons (Fsp3) is 0.700. The average Bonchev–Trinajstić information content (AvgIpc) is 2.61. The van der Waals surface area contributed by atoms with Gasteiger partial charge in [-0.15, -0.1) is 0 Å². The van der Waals surface area contributed by atoms with Crippen molar-refractivity contribution in [1.29, 1.82) is 0 Å². The summed E-state index contributed by atoms with van der Waals surface area (Å²) >= 11 is 0. The first-order valence-electron chi connectivity index (χ1n) is 9.59. The number of nitrogens with one attached hydrogen (secondary N) is 1. The van der Waals surface area contributed by atoms with Crippen molar-refractivity contribution < 1.29 is 0 Å². The van der Waals surface area contributed by atoms with Crippen molar-refractivity contribution in [3.05, 3.63) is 29.8 Å². The third kappa shape index (κ3) is 5.22. The SMILES string of the molecule is CCCCC[C@H](c1ccc(N(CC)CC)cc1)N1CCNCC1. The van der Waals surface area contributed by atoms with E-state index in [1.807, 2.05) is 0 Å². The van der Waals surface area contributed by atoms with E-state index in [1.54, 1.807) is 0 Å². The van der Waals surface area contributed by atoms with Gasteiger partial charge < -0.3 is 10.2 Å². The van der Waals surface area contributed by atoms with Gasteiger partial charge in [0.25, 0.3) is 0 Å². The minimum absolute atomic E-state index is 0.592. The van der Waals surface area contributed by atoms with E-state index in [0.29, 0.717) is 6.04 Å². The fourth-order valence-electron chi connectivity index (χ4n) is 3.64. The summed E-state index contributed by atoms with van der Waals surface area (Å²) in [5.74, 6) is 0. The zero-order valence-electron chi connectivity index (χ0n) is 15.4. The maximum Gasteiger partial charge on any atom is 0.0366 e. The monoisotopic (exact) mass is 317 g/mol. The number of unbranched alkanes of at least 4 members (excludes halogenated alkanes) is 2. The highest BCUT2D eigenvalue weighted by Gasteiger charge is 2.21. The Morgan fingerprint density at radius 3 is 2.22 bits per heavy atom. The molecule has 1 N–H and O–H groups in total. The lowest BCUT2D eigenvalue weighted by atomic mass is 9.97. The predicted molar refractivity (Wildman–Crippen MR) is 101 cm³/mol. The number of nitrogens with zero attached hydrogens (tertiary/aromatic N) is 2. The van der Waals surface area contributed by atoms with Gasteiger partial charge in [-0.25, -0.2) is 0 Å². The Morgan fingerprint density at radius 1 is 1.00 bits per heavy atom. The van der Waals surface area contributed by atoms with Gasteiger partial charge in [0.2, 0.25) is 0 Å². The molecule has 1 heterocycles. The van der Waals surface area contributed by atoms with Crippen LogP contribution in [0.4, 0.5) is 5.69 Å². The van der Waals surface area contributed by atoms with Crippen LogP contribution in [-0.2, 0) is 0 Å². The highest BCUT2D eigenvalue weighted by atomic mass is 15.2. The van der Waals surface area contributed by atoms with Crippen LogP contribution < -0.4 is 10.2 Å². The van der Waals surface area contributed by atoms with Gasteiger partial charge in [-0.05, 0) is 38.0 Å². The van der Waals surface area contributed by atoms with Crippen molar-refractivity contribution in [2.75, 3.05) is 44.2 Å². The zero-order valence-corrected chi connectivity index (χ0v) is 15.4. The molecule has 0 unspecified atom stereocenters. The van der Waals surface area contributed by atoms with Crippen molar-refractivity contribution in [1.82, 2.24) is 10.2 Å². The first-order chi connectivity index (χ1) is 11.3. The van der Waals surface area contributed by atoms with Gasteiger partial charge in [-0.2, -0.15) is 0 Å². The number of hydrogen-bond donors (Lipinski definition) is 1. The molecule has 0 saturated carbocycles. The van der Waals surface area contributed by atoms with Crippen molar-refractivity contribution >= 4 is 5.69 Å². The zero-order chi connectivity index (χ0) is 16.5. The molecule has 1 saturated heterocycles. The Balaban J connectivity index is 2.10. The maximum absolute atomic E-state index is 3.48. The summed E-state index contributed by atoms with van der Waals surface area (Å²) in [6.45, 7) is 13.5. The molecule has 1 aromatic rings. The smallest absolute Gasteiger partial charge is 0.0366 e. The van der Waals surface area contributed by atoms with E-state index >= 15 is 0 Å².